The molecule has 0 N–H and O–H groups in total. The Labute approximate surface area is 114 Å². The number of benzene rings is 1. The minimum absolute atomic E-state index is 0.0392. The molecule has 3 nitrogen and oxygen atoms in total. The average Bonchev–Trinajstić information content (AvgIpc) is 2.38. The Kier molecular flexibility index (Phi) is 4.43. The number of ether oxygens (including phenoxy) is 1. The van der Waals surface area contributed by atoms with E-state index in [-0.39, 0.29) is 16.5 Å². The lowest BCUT2D eigenvalue weighted by Crippen LogP contribution is -2.42. The molecule has 1 aliphatic heterocycles. The maximum Gasteiger partial charge on any atom is 0.245 e. The van der Waals surface area contributed by atoms with Crippen LogP contribution in [0.4, 0.5) is 4.39 Å². The predicted octanol–water partition coefficient (Wildman–Crippen LogP) is 2.62. The molecule has 1 aliphatic rings. The highest BCUT2D eigenvalue weighted by Crippen LogP contribution is 2.31. The van der Waals surface area contributed by atoms with Crippen LogP contribution in [0.2, 0.25) is 5.02 Å². The monoisotopic (exact) mass is 291 g/mol. The van der Waals surface area contributed by atoms with Gasteiger partial charge in [-0.3, -0.25) is 4.79 Å². The minimum Gasteiger partial charge on any atom is -0.378 e. The second kappa shape index (κ2) is 5.87. The summed E-state index contributed by atoms with van der Waals surface area (Å²) in [6.45, 7) is 1.88. The maximum absolute atomic E-state index is 13.7. The highest BCUT2D eigenvalue weighted by Gasteiger charge is 2.28. The Hall–Kier alpha value is -0.840. The summed E-state index contributed by atoms with van der Waals surface area (Å²) in [7, 11) is 0. The molecule has 1 fully saturated rings. The topological polar surface area (TPSA) is 29.5 Å². The average molecular weight is 292 g/mol. The van der Waals surface area contributed by atoms with E-state index < -0.39 is 11.2 Å². The number of carbonyl (C=O) groups excluding carboxylic acids is 1. The summed E-state index contributed by atoms with van der Waals surface area (Å²) in [5.41, 5.74) is 0.0392. The number of morpholine rings is 1. The number of halogens is 3. The van der Waals surface area contributed by atoms with Gasteiger partial charge >= 0.3 is 0 Å². The van der Waals surface area contributed by atoms with Gasteiger partial charge in [0, 0.05) is 23.7 Å². The third kappa shape index (κ3) is 2.76. The number of rotatable bonds is 2. The summed E-state index contributed by atoms with van der Waals surface area (Å²) in [4.78, 5) is 13.7. The van der Waals surface area contributed by atoms with Crippen molar-refractivity contribution in [2.75, 3.05) is 26.3 Å². The molecule has 1 unspecified atom stereocenters. The number of hydrogen-bond acceptors (Lipinski definition) is 2. The van der Waals surface area contributed by atoms with E-state index in [0.717, 1.165) is 0 Å². The van der Waals surface area contributed by atoms with E-state index >= 15 is 0 Å². The first-order valence-electron chi connectivity index (χ1n) is 5.56. The van der Waals surface area contributed by atoms with Gasteiger partial charge in [-0.15, -0.1) is 11.6 Å². The van der Waals surface area contributed by atoms with Crippen LogP contribution in [0.25, 0.3) is 0 Å². The Balaban J connectivity index is 2.19. The third-order valence-electron chi connectivity index (χ3n) is 2.79. The van der Waals surface area contributed by atoms with Crippen molar-refractivity contribution in [2.24, 2.45) is 0 Å². The van der Waals surface area contributed by atoms with E-state index in [1.165, 1.54) is 18.2 Å². The van der Waals surface area contributed by atoms with Crippen molar-refractivity contribution in [2.45, 2.75) is 5.38 Å². The first kappa shape index (κ1) is 13.6. The normalized spacial score (nSPS) is 17.6. The zero-order valence-corrected chi connectivity index (χ0v) is 11.0. The van der Waals surface area contributed by atoms with Crippen molar-refractivity contribution in [1.29, 1.82) is 0 Å². The zero-order valence-electron chi connectivity index (χ0n) is 9.54. The van der Waals surface area contributed by atoms with Crippen molar-refractivity contribution in [3.8, 4) is 0 Å². The molecule has 1 saturated heterocycles. The molecule has 1 heterocycles. The Morgan fingerprint density at radius 3 is 2.67 bits per heavy atom. The first-order chi connectivity index (χ1) is 8.61. The van der Waals surface area contributed by atoms with Crippen LogP contribution >= 0.6 is 23.2 Å². The summed E-state index contributed by atoms with van der Waals surface area (Å²) in [5.74, 6) is -0.906. The molecule has 0 aliphatic carbocycles. The van der Waals surface area contributed by atoms with Gasteiger partial charge in [0.05, 0.1) is 13.2 Å². The highest BCUT2D eigenvalue weighted by atomic mass is 35.5. The Morgan fingerprint density at radius 1 is 1.39 bits per heavy atom. The van der Waals surface area contributed by atoms with E-state index in [0.29, 0.717) is 26.3 Å². The smallest absolute Gasteiger partial charge is 0.245 e. The minimum atomic E-state index is -1.10. The lowest BCUT2D eigenvalue weighted by atomic mass is 10.1. The van der Waals surface area contributed by atoms with Crippen molar-refractivity contribution in [3.05, 3.63) is 34.6 Å². The molecule has 98 valence electrons. The SMILES string of the molecule is O=C(C(Cl)c1c(F)cccc1Cl)N1CCOCC1. The molecule has 1 amide bonds. The van der Waals surface area contributed by atoms with Gasteiger partial charge < -0.3 is 9.64 Å². The third-order valence-corrected chi connectivity index (χ3v) is 3.53. The fourth-order valence-electron chi connectivity index (χ4n) is 1.82. The van der Waals surface area contributed by atoms with Gasteiger partial charge in [-0.2, -0.15) is 0 Å². The van der Waals surface area contributed by atoms with Crippen molar-refractivity contribution < 1.29 is 13.9 Å². The lowest BCUT2D eigenvalue weighted by molar-refractivity contribution is -0.135. The number of nitrogens with zero attached hydrogens (tertiary/aromatic N) is 1. The van der Waals surface area contributed by atoms with Gasteiger partial charge in [0.15, 0.2) is 0 Å². The summed E-state index contributed by atoms with van der Waals surface area (Å²) in [5, 5.41) is -0.937. The van der Waals surface area contributed by atoms with Crippen LogP contribution in [0.1, 0.15) is 10.9 Å². The number of amides is 1. The Bertz CT molecular complexity index is 429. The van der Waals surface area contributed by atoms with Gasteiger partial charge in [-0.25, -0.2) is 4.39 Å². The van der Waals surface area contributed by atoms with Crippen LogP contribution in [0.5, 0.6) is 0 Å². The second-order valence-corrected chi connectivity index (χ2v) is 4.78. The van der Waals surface area contributed by atoms with Crippen molar-refractivity contribution in [1.82, 2.24) is 4.90 Å². The molecule has 0 bridgehead atoms. The van der Waals surface area contributed by atoms with E-state index in [4.69, 9.17) is 27.9 Å². The van der Waals surface area contributed by atoms with Gasteiger partial charge in [-0.05, 0) is 12.1 Å². The van der Waals surface area contributed by atoms with Gasteiger partial charge in [0.1, 0.15) is 11.2 Å². The molecule has 1 aromatic rings. The van der Waals surface area contributed by atoms with E-state index in [1.807, 2.05) is 0 Å². The number of hydrogen-bond donors (Lipinski definition) is 0. The largest absolute Gasteiger partial charge is 0.378 e. The molecular weight excluding hydrogens is 280 g/mol. The standard InChI is InChI=1S/C12H12Cl2FNO2/c13-8-2-1-3-9(15)10(8)11(14)12(17)16-4-6-18-7-5-16/h1-3,11H,4-7H2. The summed E-state index contributed by atoms with van der Waals surface area (Å²) >= 11 is 11.9. The summed E-state index contributed by atoms with van der Waals surface area (Å²) < 4.78 is 18.8. The van der Waals surface area contributed by atoms with Crippen LogP contribution in [0.15, 0.2) is 18.2 Å². The predicted molar refractivity (Wildman–Crippen MR) is 67.4 cm³/mol. The molecule has 2 rings (SSSR count). The van der Waals surface area contributed by atoms with Crippen LogP contribution in [0, 0.1) is 5.82 Å². The maximum atomic E-state index is 13.7. The quantitative estimate of drug-likeness (QED) is 0.784. The van der Waals surface area contributed by atoms with Crippen LogP contribution in [-0.2, 0) is 9.53 Å². The summed E-state index contributed by atoms with van der Waals surface area (Å²) in [6.07, 6.45) is 0. The van der Waals surface area contributed by atoms with Crippen molar-refractivity contribution >= 4 is 29.1 Å². The molecule has 0 saturated carbocycles. The van der Waals surface area contributed by atoms with Crippen molar-refractivity contribution in [3.63, 3.8) is 0 Å². The van der Waals surface area contributed by atoms with Gasteiger partial charge in [-0.1, -0.05) is 17.7 Å². The molecule has 18 heavy (non-hydrogen) atoms. The van der Waals surface area contributed by atoms with E-state index in [2.05, 4.69) is 0 Å². The summed E-state index contributed by atoms with van der Waals surface area (Å²) in [6, 6.07) is 4.23. The molecule has 0 aromatic heterocycles. The fraction of sp³-hybridized carbons (Fsp3) is 0.417. The number of alkyl halides is 1. The molecule has 0 spiro atoms. The molecular formula is C12H12Cl2FNO2. The molecule has 1 aromatic carbocycles. The molecule has 1 atom stereocenters. The highest BCUT2D eigenvalue weighted by molar-refractivity contribution is 6.35. The zero-order chi connectivity index (χ0) is 13.1. The first-order valence-corrected chi connectivity index (χ1v) is 6.37. The van der Waals surface area contributed by atoms with Gasteiger partial charge in [0.2, 0.25) is 5.91 Å². The molecule has 0 radical (unpaired) electrons. The van der Waals surface area contributed by atoms with Crippen LogP contribution in [-0.4, -0.2) is 37.1 Å². The van der Waals surface area contributed by atoms with Crippen LogP contribution < -0.4 is 0 Å². The van der Waals surface area contributed by atoms with E-state index in [9.17, 15) is 9.18 Å². The molecule has 6 heteroatoms. The van der Waals surface area contributed by atoms with E-state index in [1.54, 1.807) is 4.90 Å². The number of carbonyl (C=O) groups is 1. The Morgan fingerprint density at radius 2 is 2.06 bits per heavy atom. The van der Waals surface area contributed by atoms with Gasteiger partial charge in [0.25, 0.3) is 0 Å². The second-order valence-electron chi connectivity index (χ2n) is 3.94. The van der Waals surface area contributed by atoms with Crippen LogP contribution in [0.3, 0.4) is 0 Å². The lowest BCUT2D eigenvalue weighted by Gasteiger charge is -2.28. The fourth-order valence-corrected chi connectivity index (χ4v) is 2.51.